The summed E-state index contributed by atoms with van der Waals surface area (Å²) in [7, 11) is 0. The molecule has 0 aromatic heterocycles. The normalized spacial score (nSPS) is 16.7. The topological polar surface area (TPSA) is 111 Å². The first-order valence-electron chi connectivity index (χ1n) is 14.1. The molecule has 2 fully saturated rings. The van der Waals surface area contributed by atoms with E-state index in [9.17, 15) is 19.2 Å². The summed E-state index contributed by atoms with van der Waals surface area (Å²) in [4.78, 5) is 54.5. The lowest BCUT2D eigenvalue weighted by Gasteiger charge is -2.36. The molecular weight excluding hydrogens is 561 g/mol. The van der Waals surface area contributed by atoms with Crippen molar-refractivity contribution in [1.29, 1.82) is 0 Å². The number of nitrogens with one attached hydrogen (secondary N) is 2. The van der Waals surface area contributed by atoms with Crippen LogP contribution in [0.25, 0.3) is 0 Å². The molecule has 4 rings (SSSR count). The van der Waals surface area contributed by atoms with Crippen molar-refractivity contribution in [2.45, 2.75) is 45.8 Å². The van der Waals surface area contributed by atoms with E-state index in [0.29, 0.717) is 74.2 Å². The molecule has 2 aromatic carbocycles. The van der Waals surface area contributed by atoms with Crippen molar-refractivity contribution in [3.8, 4) is 0 Å². The molecule has 1 atom stereocenters. The lowest BCUT2D eigenvalue weighted by atomic mass is 10.0. The third kappa shape index (κ3) is 8.03. The number of piperazine rings is 1. The summed E-state index contributed by atoms with van der Waals surface area (Å²) in [5, 5.41) is 5.77. The fourth-order valence-electron chi connectivity index (χ4n) is 4.87. The lowest BCUT2D eigenvalue weighted by Crippen LogP contribution is -2.49. The van der Waals surface area contributed by atoms with Crippen molar-refractivity contribution >= 4 is 52.3 Å². The van der Waals surface area contributed by atoms with Gasteiger partial charge in [-0.3, -0.25) is 19.3 Å². The van der Waals surface area contributed by atoms with Gasteiger partial charge in [-0.25, -0.2) is 9.18 Å². The third-order valence-corrected chi connectivity index (χ3v) is 7.75. The molecule has 42 heavy (non-hydrogen) atoms. The zero-order chi connectivity index (χ0) is 30.2. The van der Waals surface area contributed by atoms with E-state index in [1.54, 1.807) is 41.3 Å². The fraction of sp³-hybridized carbons (Fsp3) is 0.433. The molecule has 1 unspecified atom stereocenters. The SMILES string of the molecule is CCC(=S)NCC1CN(c2ccc(N3CCN(C(=O)CCC(=O)c4ccc(CNC(C)=O)cc4)CC3)c(F)c2)C(=O)O1. The Morgan fingerprint density at radius 3 is 2.38 bits per heavy atom. The zero-order valence-corrected chi connectivity index (χ0v) is 24.7. The van der Waals surface area contributed by atoms with Crippen LogP contribution in [0.2, 0.25) is 0 Å². The van der Waals surface area contributed by atoms with Crippen molar-refractivity contribution in [2.75, 3.05) is 49.1 Å². The van der Waals surface area contributed by atoms with Gasteiger partial charge in [-0.1, -0.05) is 43.4 Å². The highest BCUT2D eigenvalue weighted by Crippen LogP contribution is 2.28. The number of ketones is 1. The highest BCUT2D eigenvalue weighted by atomic mass is 32.1. The fourth-order valence-corrected chi connectivity index (χ4v) is 4.95. The standard InChI is InChI=1S/C30H36FN5O5S/c1-3-28(42)33-18-24-19-36(30(40)41-24)23-8-9-26(25(31)16-23)34-12-14-35(15-13-34)29(39)11-10-27(38)22-6-4-21(5-7-22)17-32-20(2)37/h4-9,16,24H,3,10-15,17-19H2,1-2H3,(H,32,37)(H,33,42). The van der Waals surface area contributed by atoms with Crippen molar-refractivity contribution in [3.05, 3.63) is 59.4 Å². The third-order valence-electron chi connectivity index (χ3n) is 7.32. The van der Waals surface area contributed by atoms with Crippen LogP contribution in [0.15, 0.2) is 42.5 Å². The van der Waals surface area contributed by atoms with Gasteiger partial charge in [-0.2, -0.15) is 0 Å². The summed E-state index contributed by atoms with van der Waals surface area (Å²) in [6.07, 6.45) is -0.00942. The Morgan fingerprint density at radius 2 is 1.74 bits per heavy atom. The zero-order valence-electron chi connectivity index (χ0n) is 23.9. The maximum absolute atomic E-state index is 15.2. The van der Waals surface area contributed by atoms with Gasteiger partial charge in [0.05, 0.1) is 29.5 Å². The number of Topliss-reactive ketones (excluding diaryl/α,β-unsaturated/α-hetero) is 1. The van der Waals surface area contributed by atoms with Gasteiger partial charge in [0.25, 0.3) is 0 Å². The average Bonchev–Trinajstić information content (AvgIpc) is 3.37. The molecule has 0 aliphatic carbocycles. The average molecular weight is 598 g/mol. The smallest absolute Gasteiger partial charge is 0.414 e. The van der Waals surface area contributed by atoms with Crippen LogP contribution in [0.4, 0.5) is 20.6 Å². The van der Waals surface area contributed by atoms with E-state index >= 15 is 4.39 Å². The van der Waals surface area contributed by atoms with Crippen LogP contribution in [0.1, 0.15) is 49.0 Å². The van der Waals surface area contributed by atoms with E-state index in [1.165, 1.54) is 17.9 Å². The summed E-state index contributed by atoms with van der Waals surface area (Å²) in [5.41, 5.74) is 2.23. The van der Waals surface area contributed by atoms with Crippen LogP contribution >= 0.6 is 12.2 Å². The number of carbonyl (C=O) groups is 4. The Morgan fingerprint density at radius 1 is 1.02 bits per heavy atom. The monoisotopic (exact) mass is 597 g/mol. The van der Waals surface area contributed by atoms with Crippen molar-refractivity contribution in [3.63, 3.8) is 0 Å². The van der Waals surface area contributed by atoms with E-state index < -0.39 is 11.9 Å². The predicted octanol–water partition coefficient (Wildman–Crippen LogP) is 3.43. The van der Waals surface area contributed by atoms with Crippen molar-refractivity contribution in [1.82, 2.24) is 15.5 Å². The van der Waals surface area contributed by atoms with Gasteiger partial charge in [0.2, 0.25) is 11.8 Å². The quantitative estimate of drug-likeness (QED) is 0.300. The summed E-state index contributed by atoms with van der Waals surface area (Å²) >= 11 is 5.15. The van der Waals surface area contributed by atoms with Crippen molar-refractivity contribution < 1.29 is 28.3 Å². The maximum Gasteiger partial charge on any atom is 0.414 e. The first-order valence-corrected chi connectivity index (χ1v) is 14.5. The van der Waals surface area contributed by atoms with Gasteiger partial charge < -0.3 is 25.2 Å². The van der Waals surface area contributed by atoms with Crippen LogP contribution in [-0.2, 0) is 20.9 Å². The molecule has 0 radical (unpaired) electrons. The van der Waals surface area contributed by atoms with Gasteiger partial charge in [-0.05, 0) is 30.2 Å². The number of amides is 3. The highest BCUT2D eigenvalue weighted by Gasteiger charge is 2.33. The molecule has 10 nitrogen and oxygen atoms in total. The van der Waals surface area contributed by atoms with Crippen molar-refractivity contribution in [2.24, 2.45) is 0 Å². The van der Waals surface area contributed by atoms with E-state index in [1.807, 2.05) is 11.8 Å². The minimum Gasteiger partial charge on any atom is -0.442 e. The summed E-state index contributed by atoms with van der Waals surface area (Å²) in [6.45, 7) is 6.20. The Balaban J connectivity index is 1.24. The van der Waals surface area contributed by atoms with E-state index in [0.717, 1.165) is 5.56 Å². The minimum absolute atomic E-state index is 0.0985. The molecule has 0 spiro atoms. The number of hydrogen-bond acceptors (Lipinski definition) is 7. The van der Waals surface area contributed by atoms with Gasteiger partial charge >= 0.3 is 6.09 Å². The molecule has 2 heterocycles. The molecule has 3 amide bonds. The molecular formula is C30H36FN5O5S. The van der Waals surface area contributed by atoms with E-state index in [2.05, 4.69) is 10.6 Å². The Bertz CT molecular complexity index is 1330. The number of ether oxygens (including phenoxy) is 1. The number of hydrogen-bond donors (Lipinski definition) is 2. The van der Waals surface area contributed by atoms with Gasteiger partial charge in [0.1, 0.15) is 11.9 Å². The minimum atomic E-state index is -0.527. The second kappa shape index (κ2) is 14.2. The largest absolute Gasteiger partial charge is 0.442 e. The summed E-state index contributed by atoms with van der Waals surface area (Å²) < 4.78 is 20.5. The second-order valence-corrected chi connectivity index (χ2v) is 10.8. The number of benzene rings is 2. The number of cyclic esters (lactones) is 1. The molecule has 2 aromatic rings. The van der Waals surface area contributed by atoms with Gasteiger partial charge in [0.15, 0.2) is 5.78 Å². The van der Waals surface area contributed by atoms with Gasteiger partial charge in [0, 0.05) is 58.1 Å². The molecule has 2 aliphatic rings. The summed E-state index contributed by atoms with van der Waals surface area (Å²) in [5.74, 6) is -0.817. The predicted molar refractivity (Wildman–Crippen MR) is 161 cm³/mol. The van der Waals surface area contributed by atoms with Crippen LogP contribution in [0.5, 0.6) is 0 Å². The number of rotatable bonds is 11. The molecule has 0 saturated carbocycles. The second-order valence-electron chi connectivity index (χ2n) is 10.3. The van der Waals surface area contributed by atoms with Crippen LogP contribution < -0.4 is 20.4 Å². The van der Waals surface area contributed by atoms with Crippen LogP contribution in [-0.4, -0.2) is 79.0 Å². The Kier molecular flexibility index (Phi) is 10.5. The molecule has 12 heteroatoms. The number of anilines is 2. The first kappa shape index (κ1) is 30.9. The molecule has 2 N–H and O–H groups in total. The van der Waals surface area contributed by atoms with E-state index in [-0.39, 0.29) is 36.5 Å². The first-order chi connectivity index (χ1) is 20.1. The number of carbonyl (C=O) groups excluding carboxylic acids is 4. The Hall–Kier alpha value is -4.06. The number of halogens is 1. The maximum atomic E-state index is 15.2. The number of nitrogens with zero attached hydrogens (tertiary/aromatic N) is 3. The molecule has 0 bridgehead atoms. The summed E-state index contributed by atoms with van der Waals surface area (Å²) in [6, 6.07) is 11.6. The number of thiocarbonyl (C=S) groups is 1. The highest BCUT2D eigenvalue weighted by molar-refractivity contribution is 7.80. The van der Waals surface area contributed by atoms with Crippen LogP contribution in [0, 0.1) is 5.82 Å². The van der Waals surface area contributed by atoms with Gasteiger partial charge in [-0.15, -0.1) is 0 Å². The van der Waals surface area contributed by atoms with E-state index in [4.69, 9.17) is 17.0 Å². The molecule has 224 valence electrons. The Labute approximate surface area is 250 Å². The van der Waals surface area contributed by atoms with Crippen LogP contribution in [0.3, 0.4) is 0 Å². The molecule has 2 saturated heterocycles. The lowest BCUT2D eigenvalue weighted by molar-refractivity contribution is -0.131. The molecule has 2 aliphatic heterocycles.